The van der Waals surface area contributed by atoms with E-state index in [1.807, 2.05) is 21.1 Å². The zero-order valence-corrected chi connectivity index (χ0v) is 44.8. The maximum absolute atomic E-state index is 12.8. The average Bonchev–Trinajstić information content (AvgIpc) is 3.29. The van der Waals surface area contributed by atoms with Gasteiger partial charge in [-0.3, -0.25) is 9.59 Å². The van der Waals surface area contributed by atoms with Crippen LogP contribution in [-0.2, 0) is 28.6 Å². The van der Waals surface area contributed by atoms with Gasteiger partial charge in [0.15, 0.2) is 6.10 Å². The number of carbonyl (C=O) groups excluding carboxylic acids is 3. The smallest absolute Gasteiger partial charge is 0.306 e. The number of esters is 2. The van der Waals surface area contributed by atoms with E-state index in [4.69, 9.17) is 14.2 Å². The first-order chi connectivity index (χ1) is 32.6. The van der Waals surface area contributed by atoms with E-state index >= 15 is 0 Å². The number of hydrogen-bond acceptors (Lipinski definition) is 7. The van der Waals surface area contributed by atoms with Gasteiger partial charge in [0.25, 0.3) is 0 Å². The van der Waals surface area contributed by atoms with Crippen molar-refractivity contribution in [3.8, 4) is 0 Å². The van der Waals surface area contributed by atoms with Gasteiger partial charge < -0.3 is 28.6 Å². The molecule has 0 aliphatic rings. The fourth-order valence-corrected chi connectivity index (χ4v) is 8.57. The van der Waals surface area contributed by atoms with Crippen LogP contribution in [0.4, 0.5) is 0 Å². The lowest BCUT2D eigenvalue weighted by Crippen LogP contribution is -2.55. The molecule has 67 heavy (non-hydrogen) atoms. The summed E-state index contributed by atoms with van der Waals surface area (Å²) in [5.74, 6) is -1.74. The summed E-state index contributed by atoms with van der Waals surface area (Å²) < 4.78 is 17.3. The number of rotatable bonds is 52. The molecule has 0 aromatic heterocycles. The minimum atomic E-state index is -1.12. The van der Waals surface area contributed by atoms with Gasteiger partial charge >= 0.3 is 11.9 Å². The molecule has 0 fully saturated rings. The third-order valence-corrected chi connectivity index (χ3v) is 13.0. The van der Waals surface area contributed by atoms with Crippen LogP contribution < -0.4 is 5.11 Å². The summed E-state index contributed by atoms with van der Waals surface area (Å²) in [6, 6.07) is -0.728. The molecular weight excluding hydrogens is 835 g/mol. The number of aliphatic carboxylic acids is 1. The minimum absolute atomic E-state index is 0.0383. The maximum Gasteiger partial charge on any atom is 0.306 e. The number of quaternary nitrogens is 1. The van der Waals surface area contributed by atoms with Crippen LogP contribution in [0.1, 0.15) is 271 Å². The molecule has 2 atom stereocenters. The molecule has 0 amide bonds. The molecular formula is C59H109NO7. The zero-order chi connectivity index (χ0) is 49.2. The lowest BCUT2D eigenvalue weighted by molar-refractivity contribution is -0.889. The SMILES string of the molecule is CCCCCCCCCCC/C=C/C/C=C/CCCCCCCCCC(=O)OCC(COCCC(C(=O)[O-])[N+](C)(C)C)OC(=O)CCCCCCCCC/C=C/CCCCCCCCCCC. The van der Waals surface area contributed by atoms with Crippen LogP contribution in [0.3, 0.4) is 0 Å². The Morgan fingerprint density at radius 2 is 0.791 bits per heavy atom. The standard InChI is InChI=1S/C59H109NO7/c1-6-8-10-12-14-16-18-20-22-24-26-28-29-30-32-33-35-37-39-41-43-45-47-49-57(61)66-54-55(53-65-52-51-56(59(63)64)60(3,4)5)67-58(62)50-48-46-44-42-40-38-36-34-31-27-25-23-21-19-17-15-13-11-9-7-2/h26-28,30-32,55-56H,6-25,29,33-54H2,1-5H3/b28-26+,31-27+,32-30+. The fraction of sp³-hybridized carbons (Fsp3) is 0.847. The van der Waals surface area contributed by atoms with Gasteiger partial charge in [0.1, 0.15) is 12.6 Å². The summed E-state index contributed by atoms with van der Waals surface area (Å²) in [7, 11) is 5.42. The van der Waals surface area contributed by atoms with Crippen LogP contribution >= 0.6 is 0 Å². The Balaban J connectivity index is 4.19. The van der Waals surface area contributed by atoms with Crippen LogP contribution in [0.25, 0.3) is 0 Å². The van der Waals surface area contributed by atoms with Crippen molar-refractivity contribution >= 4 is 17.9 Å². The van der Waals surface area contributed by atoms with E-state index in [0.717, 1.165) is 51.4 Å². The van der Waals surface area contributed by atoms with Crippen molar-refractivity contribution in [1.29, 1.82) is 0 Å². The third-order valence-electron chi connectivity index (χ3n) is 13.0. The van der Waals surface area contributed by atoms with Crippen LogP contribution in [0, 0.1) is 0 Å². The minimum Gasteiger partial charge on any atom is -0.544 e. The number of allylic oxidation sites excluding steroid dienone is 6. The molecule has 0 radical (unpaired) electrons. The second-order valence-corrected chi connectivity index (χ2v) is 20.5. The Morgan fingerprint density at radius 3 is 1.16 bits per heavy atom. The van der Waals surface area contributed by atoms with Gasteiger partial charge in [-0.15, -0.1) is 0 Å². The number of carbonyl (C=O) groups is 3. The Hall–Kier alpha value is -2.45. The van der Waals surface area contributed by atoms with Gasteiger partial charge in [-0.05, 0) is 70.6 Å². The lowest BCUT2D eigenvalue weighted by atomic mass is 10.1. The van der Waals surface area contributed by atoms with Crippen molar-refractivity contribution in [2.45, 2.75) is 283 Å². The van der Waals surface area contributed by atoms with E-state index in [2.05, 4.69) is 50.3 Å². The van der Waals surface area contributed by atoms with Gasteiger partial charge in [-0.1, -0.05) is 217 Å². The Bertz CT molecular complexity index is 1190. The molecule has 8 nitrogen and oxygen atoms in total. The van der Waals surface area contributed by atoms with Gasteiger partial charge in [0, 0.05) is 19.3 Å². The lowest BCUT2D eigenvalue weighted by Gasteiger charge is -2.34. The largest absolute Gasteiger partial charge is 0.544 e. The van der Waals surface area contributed by atoms with E-state index < -0.39 is 18.1 Å². The van der Waals surface area contributed by atoms with E-state index in [-0.39, 0.29) is 42.7 Å². The van der Waals surface area contributed by atoms with E-state index in [1.165, 1.54) is 186 Å². The molecule has 0 aliphatic heterocycles. The molecule has 0 rings (SSSR count). The predicted octanol–water partition coefficient (Wildman–Crippen LogP) is 15.6. The number of hydrogen-bond donors (Lipinski definition) is 0. The molecule has 8 heteroatoms. The molecule has 0 N–H and O–H groups in total. The van der Waals surface area contributed by atoms with Crippen LogP contribution in [0.5, 0.6) is 0 Å². The highest BCUT2D eigenvalue weighted by Crippen LogP contribution is 2.16. The van der Waals surface area contributed by atoms with Gasteiger partial charge in [0.2, 0.25) is 0 Å². The van der Waals surface area contributed by atoms with Gasteiger partial charge in [-0.2, -0.15) is 0 Å². The molecule has 2 unspecified atom stereocenters. The topological polar surface area (TPSA) is 102 Å². The number of carboxylic acids is 1. The number of nitrogens with zero attached hydrogens (tertiary/aromatic N) is 1. The van der Waals surface area contributed by atoms with Crippen molar-refractivity contribution in [1.82, 2.24) is 0 Å². The second-order valence-electron chi connectivity index (χ2n) is 20.5. The molecule has 0 bridgehead atoms. The maximum atomic E-state index is 12.8. The zero-order valence-electron chi connectivity index (χ0n) is 44.8. The molecule has 0 heterocycles. The molecule has 0 spiro atoms. The molecule has 0 saturated heterocycles. The van der Waals surface area contributed by atoms with Crippen molar-refractivity contribution in [2.75, 3.05) is 41.0 Å². The Kier molecular flexibility index (Phi) is 48.1. The summed E-state index contributed by atoms with van der Waals surface area (Å²) in [5, 5.41) is 11.7. The predicted molar refractivity (Wildman–Crippen MR) is 282 cm³/mol. The van der Waals surface area contributed by atoms with Gasteiger partial charge in [-0.25, -0.2) is 0 Å². The second kappa shape index (κ2) is 50.0. The Labute approximate surface area is 414 Å². The van der Waals surface area contributed by atoms with Gasteiger partial charge in [0.05, 0.1) is 40.3 Å². The third kappa shape index (κ3) is 48.4. The highest BCUT2D eigenvalue weighted by Gasteiger charge is 2.25. The molecule has 392 valence electrons. The Morgan fingerprint density at radius 1 is 0.448 bits per heavy atom. The summed E-state index contributed by atoms with van der Waals surface area (Å²) in [5.41, 5.74) is 0. The quantitative estimate of drug-likeness (QED) is 0.0259. The van der Waals surface area contributed by atoms with E-state index in [1.54, 1.807) is 0 Å². The number of carboxylic acid groups (broad SMARTS) is 1. The molecule has 0 aromatic carbocycles. The molecule has 0 aliphatic carbocycles. The summed E-state index contributed by atoms with van der Waals surface area (Å²) in [6.07, 6.45) is 60.4. The first-order valence-corrected chi connectivity index (χ1v) is 28.5. The monoisotopic (exact) mass is 944 g/mol. The highest BCUT2D eigenvalue weighted by atomic mass is 16.6. The van der Waals surface area contributed by atoms with E-state index in [0.29, 0.717) is 12.8 Å². The number of ether oxygens (including phenoxy) is 3. The van der Waals surface area contributed by atoms with Crippen LogP contribution in [0.2, 0.25) is 0 Å². The van der Waals surface area contributed by atoms with E-state index in [9.17, 15) is 19.5 Å². The van der Waals surface area contributed by atoms with Crippen LogP contribution in [-0.4, -0.2) is 75.5 Å². The molecule has 0 saturated carbocycles. The first-order valence-electron chi connectivity index (χ1n) is 28.5. The number of likely N-dealkylation sites (N-methyl/N-ethyl adjacent to an activating group) is 1. The van der Waals surface area contributed by atoms with Crippen molar-refractivity contribution in [3.63, 3.8) is 0 Å². The summed E-state index contributed by atoms with van der Waals surface area (Å²) >= 11 is 0. The normalized spacial score (nSPS) is 13.0. The van der Waals surface area contributed by atoms with Crippen molar-refractivity contribution in [3.05, 3.63) is 36.5 Å². The first kappa shape index (κ1) is 64.5. The summed E-state index contributed by atoms with van der Waals surface area (Å²) in [4.78, 5) is 37.1. The number of unbranched alkanes of at least 4 members (excludes halogenated alkanes) is 32. The fourth-order valence-electron chi connectivity index (χ4n) is 8.57. The molecule has 0 aromatic rings. The van der Waals surface area contributed by atoms with Crippen molar-refractivity contribution in [2.24, 2.45) is 0 Å². The summed E-state index contributed by atoms with van der Waals surface area (Å²) in [6.45, 7) is 4.69. The van der Waals surface area contributed by atoms with Crippen LogP contribution in [0.15, 0.2) is 36.5 Å². The van der Waals surface area contributed by atoms with Crippen molar-refractivity contribution < 1.29 is 38.2 Å². The average molecular weight is 945 g/mol. The highest BCUT2D eigenvalue weighted by molar-refractivity contribution is 5.70.